The van der Waals surface area contributed by atoms with Gasteiger partial charge in [-0.2, -0.15) is 0 Å². The minimum Gasteiger partial charge on any atom is -0.399 e. The molecule has 0 fully saturated rings. The van der Waals surface area contributed by atoms with E-state index in [2.05, 4.69) is 4.74 Å². The molecule has 0 atom stereocenters. The number of methoxy groups -OCH3 is 2. The van der Waals surface area contributed by atoms with Crippen LogP contribution >= 0.6 is 0 Å². The molecule has 0 aromatic heterocycles. The summed E-state index contributed by atoms with van der Waals surface area (Å²) in [5.74, 6) is -1.24. The quantitative estimate of drug-likeness (QED) is 0.541. The van der Waals surface area contributed by atoms with Crippen molar-refractivity contribution in [3.8, 4) is 0 Å². The number of hydrogen-bond donors (Lipinski definition) is 0. The third-order valence-electron chi connectivity index (χ3n) is 1.38. The highest BCUT2D eigenvalue weighted by Gasteiger charge is 2.30. The third-order valence-corrected chi connectivity index (χ3v) is 1.38. The molecule has 0 unspecified atom stereocenters. The van der Waals surface area contributed by atoms with Crippen LogP contribution in [0.4, 0.5) is 0 Å². The van der Waals surface area contributed by atoms with Crippen LogP contribution in [0.3, 0.4) is 0 Å². The van der Waals surface area contributed by atoms with Gasteiger partial charge in [-0.3, -0.25) is 0 Å². The van der Waals surface area contributed by atoms with Crippen LogP contribution in [0.1, 0.15) is 19.8 Å². The van der Waals surface area contributed by atoms with Crippen molar-refractivity contribution in [2.75, 3.05) is 14.2 Å². The standard InChI is InChI=1S/C7H13O4/c1-4-5-7(9-2,10-3)11-6-8/h4-5H2,1-3H3. The SMILES string of the molecule is CCCC(OC)(OC)O[C]=O. The van der Waals surface area contributed by atoms with Crippen molar-refractivity contribution >= 4 is 6.47 Å². The summed E-state index contributed by atoms with van der Waals surface area (Å²) in [6.07, 6.45) is 1.29. The number of carbonyl (C=O) groups excluding carboxylic acids is 1. The van der Waals surface area contributed by atoms with E-state index >= 15 is 0 Å². The van der Waals surface area contributed by atoms with Gasteiger partial charge in [-0.05, 0) is 6.42 Å². The third kappa shape index (κ3) is 2.86. The molecule has 0 aromatic rings. The molecule has 0 rings (SSSR count). The Morgan fingerprint density at radius 2 is 1.91 bits per heavy atom. The monoisotopic (exact) mass is 161 g/mol. The summed E-state index contributed by atoms with van der Waals surface area (Å²) in [5, 5.41) is 0. The van der Waals surface area contributed by atoms with E-state index in [1.165, 1.54) is 20.7 Å². The van der Waals surface area contributed by atoms with E-state index < -0.39 is 5.97 Å². The van der Waals surface area contributed by atoms with Crippen molar-refractivity contribution in [1.29, 1.82) is 0 Å². The van der Waals surface area contributed by atoms with Crippen LogP contribution in [0.2, 0.25) is 0 Å². The molecule has 11 heavy (non-hydrogen) atoms. The molecule has 0 aromatic carbocycles. The fourth-order valence-electron chi connectivity index (χ4n) is 0.791. The van der Waals surface area contributed by atoms with E-state index in [9.17, 15) is 4.79 Å². The van der Waals surface area contributed by atoms with Gasteiger partial charge in [0.05, 0.1) is 0 Å². The molecule has 0 heterocycles. The topological polar surface area (TPSA) is 44.8 Å². The largest absolute Gasteiger partial charge is 0.421 e. The van der Waals surface area contributed by atoms with Crippen LogP contribution in [-0.4, -0.2) is 26.7 Å². The number of rotatable bonds is 6. The van der Waals surface area contributed by atoms with Crippen LogP contribution in [0.5, 0.6) is 0 Å². The molecule has 0 aliphatic carbocycles. The van der Waals surface area contributed by atoms with Crippen molar-refractivity contribution in [1.82, 2.24) is 0 Å². The Kier molecular flexibility index (Phi) is 4.81. The van der Waals surface area contributed by atoms with Gasteiger partial charge in [0.2, 0.25) is 0 Å². The summed E-state index contributed by atoms with van der Waals surface area (Å²) in [6, 6.07) is 0. The Labute approximate surface area is 66.4 Å². The minimum atomic E-state index is -1.24. The molecule has 65 valence electrons. The van der Waals surface area contributed by atoms with Gasteiger partial charge < -0.3 is 14.2 Å². The van der Waals surface area contributed by atoms with Crippen LogP contribution in [-0.2, 0) is 19.0 Å². The lowest BCUT2D eigenvalue weighted by atomic mass is 10.3. The van der Waals surface area contributed by atoms with Crippen molar-refractivity contribution in [2.45, 2.75) is 25.7 Å². The van der Waals surface area contributed by atoms with Crippen LogP contribution in [0.15, 0.2) is 0 Å². The maximum atomic E-state index is 9.91. The van der Waals surface area contributed by atoms with E-state index in [-0.39, 0.29) is 0 Å². The molecule has 0 N–H and O–H groups in total. The molecular weight excluding hydrogens is 148 g/mol. The molecule has 0 spiro atoms. The second kappa shape index (κ2) is 5.09. The van der Waals surface area contributed by atoms with Gasteiger partial charge in [0.25, 0.3) is 0 Å². The predicted octanol–water partition coefficient (Wildman–Crippen LogP) is 0.817. The first-order chi connectivity index (χ1) is 5.24. The molecular formula is C7H13O4. The normalized spacial score (nSPS) is 11.2. The van der Waals surface area contributed by atoms with E-state index in [1.807, 2.05) is 6.92 Å². The zero-order valence-corrected chi connectivity index (χ0v) is 7.05. The molecule has 0 aliphatic rings. The maximum absolute atomic E-state index is 9.91. The second-order valence-electron chi connectivity index (χ2n) is 2.03. The molecule has 0 saturated heterocycles. The average molecular weight is 161 g/mol. The lowest BCUT2D eigenvalue weighted by Crippen LogP contribution is -2.36. The fraction of sp³-hybridized carbons (Fsp3) is 0.857. The zero-order chi connectivity index (χ0) is 8.74. The van der Waals surface area contributed by atoms with Gasteiger partial charge >= 0.3 is 12.4 Å². The van der Waals surface area contributed by atoms with E-state index in [1.54, 1.807) is 0 Å². The molecule has 1 radical (unpaired) electrons. The number of hydrogen-bond acceptors (Lipinski definition) is 4. The highest BCUT2D eigenvalue weighted by Crippen LogP contribution is 2.18. The molecule has 0 aliphatic heterocycles. The summed E-state index contributed by atoms with van der Waals surface area (Å²) in [4.78, 5) is 9.91. The van der Waals surface area contributed by atoms with Gasteiger partial charge in [-0.25, -0.2) is 4.79 Å². The Bertz CT molecular complexity index is 109. The Morgan fingerprint density at radius 1 is 1.36 bits per heavy atom. The van der Waals surface area contributed by atoms with Gasteiger partial charge in [0.15, 0.2) is 0 Å². The Balaban J connectivity index is 4.06. The lowest BCUT2D eigenvalue weighted by Gasteiger charge is -2.26. The summed E-state index contributed by atoms with van der Waals surface area (Å²) in [6.45, 7) is 3.23. The highest BCUT2D eigenvalue weighted by atomic mass is 16.9. The second-order valence-corrected chi connectivity index (χ2v) is 2.03. The smallest absolute Gasteiger partial charge is 0.399 e. The van der Waals surface area contributed by atoms with Gasteiger partial charge in [-0.1, -0.05) is 6.92 Å². The van der Waals surface area contributed by atoms with Gasteiger partial charge in [-0.15, -0.1) is 0 Å². The number of ether oxygens (including phenoxy) is 3. The molecule has 0 saturated carbocycles. The summed E-state index contributed by atoms with van der Waals surface area (Å²) in [7, 11) is 2.83. The Hall–Kier alpha value is -0.610. The summed E-state index contributed by atoms with van der Waals surface area (Å²) < 4.78 is 14.2. The first-order valence-electron chi connectivity index (χ1n) is 3.40. The first-order valence-corrected chi connectivity index (χ1v) is 3.40. The van der Waals surface area contributed by atoms with Crippen LogP contribution in [0, 0.1) is 0 Å². The highest BCUT2D eigenvalue weighted by molar-refractivity contribution is 5.38. The van der Waals surface area contributed by atoms with Crippen LogP contribution in [0.25, 0.3) is 0 Å². The lowest BCUT2D eigenvalue weighted by molar-refractivity contribution is -0.332. The van der Waals surface area contributed by atoms with E-state index in [0.717, 1.165) is 6.42 Å². The predicted molar refractivity (Wildman–Crippen MR) is 38.4 cm³/mol. The van der Waals surface area contributed by atoms with E-state index in [4.69, 9.17) is 9.47 Å². The molecule has 0 amide bonds. The molecule has 0 bridgehead atoms. The maximum Gasteiger partial charge on any atom is 0.421 e. The van der Waals surface area contributed by atoms with Gasteiger partial charge in [0, 0.05) is 20.6 Å². The van der Waals surface area contributed by atoms with Gasteiger partial charge in [0.1, 0.15) is 0 Å². The minimum absolute atomic E-state index is 0.495. The van der Waals surface area contributed by atoms with Crippen LogP contribution < -0.4 is 0 Å². The zero-order valence-electron chi connectivity index (χ0n) is 7.05. The van der Waals surface area contributed by atoms with Crippen molar-refractivity contribution in [3.63, 3.8) is 0 Å². The average Bonchev–Trinajstić information content (AvgIpc) is 2.04. The van der Waals surface area contributed by atoms with Crippen molar-refractivity contribution in [2.24, 2.45) is 0 Å². The van der Waals surface area contributed by atoms with Crippen molar-refractivity contribution in [3.05, 3.63) is 0 Å². The van der Waals surface area contributed by atoms with Crippen molar-refractivity contribution < 1.29 is 19.0 Å². The Morgan fingerprint density at radius 3 is 2.18 bits per heavy atom. The molecule has 4 heteroatoms. The van der Waals surface area contributed by atoms with E-state index in [0.29, 0.717) is 6.42 Å². The first kappa shape index (κ1) is 10.4. The summed E-state index contributed by atoms with van der Waals surface area (Å²) >= 11 is 0. The fourth-order valence-corrected chi connectivity index (χ4v) is 0.791. The summed E-state index contributed by atoms with van der Waals surface area (Å²) in [5.41, 5.74) is 0. The molecule has 4 nitrogen and oxygen atoms in total.